The highest BCUT2D eigenvalue weighted by Crippen LogP contribution is 2.13. The van der Waals surface area contributed by atoms with E-state index in [0.717, 1.165) is 6.07 Å². The van der Waals surface area contributed by atoms with Crippen LogP contribution in [0.3, 0.4) is 0 Å². The molecule has 0 saturated heterocycles. The summed E-state index contributed by atoms with van der Waals surface area (Å²) in [5.41, 5.74) is 0.128. The molecule has 0 aliphatic rings. The van der Waals surface area contributed by atoms with Gasteiger partial charge in [0.15, 0.2) is 11.6 Å². The van der Waals surface area contributed by atoms with Crippen molar-refractivity contribution in [1.82, 2.24) is 0 Å². The van der Waals surface area contributed by atoms with Gasteiger partial charge in [-0.2, -0.15) is 0 Å². The number of hydrogen-bond donors (Lipinski definition) is 0. The van der Waals surface area contributed by atoms with E-state index in [1.165, 1.54) is 12.1 Å². The molecule has 0 aromatic heterocycles. The van der Waals surface area contributed by atoms with E-state index < -0.39 is 11.6 Å². The lowest BCUT2D eigenvalue weighted by Crippen LogP contribution is -2.11. The first-order valence-electron chi connectivity index (χ1n) is 4.48. The van der Waals surface area contributed by atoms with E-state index in [1.54, 1.807) is 13.8 Å². The van der Waals surface area contributed by atoms with Crippen molar-refractivity contribution < 1.29 is 13.6 Å². The van der Waals surface area contributed by atoms with Gasteiger partial charge in [0.05, 0.1) is 0 Å². The molecule has 0 heterocycles. The lowest BCUT2D eigenvalue weighted by Gasteiger charge is -2.05. The molecule has 0 amide bonds. The molecule has 0 bridgehead atoms. The minimum Gasteiger partial charge on any atom is -0.299 e. The molecule has 1 aromatic rings. The third kappa shape index (κ3) is 2.37. The average Bonchev–Trinajstić information content (AvgIpc) is 2.12. The highest BCUT2D eigenvalue weighted by atomic mass is 19.2. The van der Waals surface area contributed by atoms with E-state index in [0.29, 0.717) is 0 Å². The van der Waals surface area contributed by atoms with E-state index in [2.05, 4.69) is 0 Å². The molecule has 0 spiro atoms. The minimum absolute atomic E-state index is 0.0404. The van der Waals surface area contributed by atoms with Crippen LogP contribution < -0.4 is 0 Å². The number of ketones is 1. The summed E-state index contributed by atoms with van der Waals surface area (Å²) >= 11 is 0. The van der Waals surface area contributed by atoms with Gasteiger partial charge in [0.1, 0.15) is 5.78 Å². The van der Waals surface area contributed by atoms with Crippen molar-refractivity contribution in [3.63, 3.8) is 0 Å². The maximum absolute atomic E-state index is 13.1. The number of benzene rings is 1. The Morgan fingerprint density at radius 3 is 2.57 bits per heavy atom. The zero-order chi connectivity index (χ0) is 10.7. The lowest BCUT2D eigenvalue weighted by molar-refractivity contribution is -0.121. The Bertz CT molecular complexity index is 345. The van der Waals surface area contributed by atoms with Crippen LogP contribution >= 0.6 is 0 Å². The second-order valence-corrected chi connectivity index (χ2v) is 3.51. The molecule has 0 unspecified atom stereocenters. The summed E-state index contributed by atoms with van der Waals surface area (Å²) < 4.78 is 25.8. The fourth-order valence-electron chi connectivity index (χ4n) is 1.08. The second kappa shape index (κ2) is 4.31. The van der Waals surface area contributed by atoms with Gasteiger partial charge in [0, 0.05) is 12.3 Å². The van der Waals surface area contributed by atoms with Gasteiger partial charge in [-0.1, -0.05) is 26.0 Å². The van der Waals surface area contributed by atoms with Crippen LogP contribution in [-0.2, 0) is 11.2 Å². The van der Waals surface area contributed by atoms with E-state index in [4.69, 9.17) is 0 Å². The van der Waals surface area contributed by atoms with Crippen molar-refractivity contribution in [2.24, 2.45) is 5.92 Å². The minimum atomic E-state index is -0.915. The predicted octanol–water partition coefficient (Wildman–Crippen LogP) is 2.73. The number of Topliss-reactive ketones (excluding diaryl/α,β-unsaturated/α-hetero) is 1. The second-order valence-electron chi connectivity index (χ2n) is 3.51. The van der Waals surface area contributed by atoms with Gasteiger partial charge in [-0.05, 0) is 11.6 Å². The molecule has 1 nitrogen and oxygen atoms in total. The first-order chi connectivity index (χ1) is 6.52. The van der Waals surface area contributed by atoms with E-state index in [9.17, 15) is 13.6 Å². The number of carbonyl (C=O) groups is 1. The Hall–Kier alpha value is -1.25. The van der Waals surface area contributed by atoms with Gasteiger partial charge in [0.2, 0.25) is 0 Å². The summed E-state index contributed by atoms with van der Waals surface area (Å²) in [4.78, 5) is 11.3. The SMILES string of the molecule is CC(C)C(=O)Cc1cccc(F)c1F. The Balaban J connectivity index is 2.87. The molecule has 0 aliphatic heterocycles. The number of rotatable bonds is 3. The quantitative estimate of drug-likeness (QED) is 0.729. The summed E-state index contributed by atoms with van der Waals surface area (Å²) in [6, 6.07) is 3.87. The van der Waals surface area contributed by atoms with Crippen LogP contribution in [0.1, 0.15) is 19.4 Å². The Morgan fingerprint density at radius 1 is 1.36 bits per heavy atom. The van der Waals surface area contributed by atoms with Gasteiger partial charge < -0.3 is 0 Å². The summed E-state index contributed by atoms with van der Waals surface area (Å²) in [5, 5.41) is 0. The molecule has 1 aromatic carbocycles. The fraction of sp³-hybridized carbons (Fsp3) is 0.364. The standard InChI is InChI=1S/C11H12F2O/c1-7(2)10(14)6-8-4-3-5-9(12)11(8)13/h3-5,7H,6H2,1-2H3. The summed E-state index contributed by atoms with van der Waals surface area (Å²) in [5.74, 6) is -2.06. The molecule has 0 radical (unpaired) electrons. The van der Waals surface area contributed by atoms with Crippen LogP contribution in [0.25, 0.3) is 0 Å². The van der Waals surface area contributed by atoms with Crippen molar-refractivity contribution in [3.05, 3.63) is 35.4 Å². The summed E-state index contributed by atoms with van der Waals surface area (Å²) in [6.07, 6.45) is -0.0404. The molecule has 0 aliphatic carbocycles. The summed E-state index contributed by atoms with van der Waals surface area (Å²) in [6.45, 7) is 3.47. The van der Waals surface area contributed by atoms with Gasteiger partial charge >= 0.3 is 0 Å². The van der Waals surface area contributed by atoms with E-state index >= 15 is 0 Å². The number of halogens is 2. The van der Waals surface area contributed by atoms with Crippen molar-refractivity contribution in [2.75, 3.05) is 0 Å². The van der Waals surface area contributed by atoms with Crippen LogP contribution in [0.2, 0.25) is 0 Å². The maximum Gasteiger partial charge on any atom is 0.162 e. The highest BCUT2D eigenvalue weighted by Gasteiger charge is 2.13. The van der Waals surface area contributed by atoms with E-state index in [1.807, 2.05) is 0 Å². The number of hydrogen-bond acceptors (Lipinski definition) is 1. The summed E-state index contributed by atoms with van der Waals surface area (Å²) in [7, 11) is 0. The molecule has 1 rings (SSSR count). The average molecular weight is 198 g/mol. The van der Waals surface area contributed by atoms with Crippen LogP contribution in [0.4, 0.5) is 8.78 Å². The van der Waals surface area contributed by atoms with Gasteiger partial charge in [-0.15, -0.1) is 0 Å². The van der Waals surface area contributed by atoms with E-state index in [-0.39, 0.29) is 23.7 Å². The van der Waals surface area contributed by atoms with Gasteiger partial charge in [-0.3, -0.25) is 4.79 Å². The topological polar surface area (TPSA) is 17.1 Å². The van der Waals surface area contributed by atoms with Crippen LogP contribution in [0.5, 0.6) is 0 Å². The maximum atomic E-state index is 13.1. The van der Waals surface area contributed by atoms with Crippen molar-refractivity contribution >= 4 is 5.78 Å². The lowest BCUT2D eigenvalue weighted by atomic mass is 10.0. The first-order valence-corrected chi connectivity index (χ1v) is 4.48. The Labute approximate surface area is 81.7 Å². The molecule has 3 heteroatoms. The monoisotopic (exact) mass is 198 g/mol. The van der Waals surface area contributed by atoms with Crippen LogP contribution in [0.15, 0.2) is 18.2 Å². The first kappa shape index (κ1) is 10.8. The van der Waals surface area contributed by atoms with Gasteiger partial charge in [-0.25, -0.2) is 8.78 Å². The van der Waals surface area contributed by atoms with Crippen molar-refractivity contribution in [3.8, 4) is 0 Å². The van der Waals surface area contributed by atoms with Crippen LogP contribution in [-0.4, -0.2) is 5.78 Å². The molecule has 0 saturated carbocycles. The highest BCUT2D eigenvalue weighted by molar-refractivity contribution is 5.82. The smallest absolute Gasteiger partial charge is 0.162 e. The zero-order valence-corrected chi connectivity index (χ0v) is 8.18. The number of carbonyl (C=O) groups excluding carboxylic acids is 1. The third-order valence-electron chi connectivity index (χ3n) is 2.04. The molecular weight excluding hydrogens is 186 g/mol. The zero-order valence-electron chi connectivity index (χ0n) is 8.18. The molecule has 0 N–H and O–H groups in total. The van der Waals surface area contributed by atoms with Gasteiger partial charge in [0.25, 0.3) is 0 Å². The van der Waals surface area contributed by atoms with Crippen molar-refractivity contribution in [2.45, 2.75) is 20.3 Å². The molecule has 0 atom stereocenters. The third-order valence-corrected chi connectivity index (χ3v) is 2.04. The van der Waals surface area contributed by atoms with Crippen molar-refractivity contribution in [1.29, 1.82) is 0 Å². The largest absolute Gasteiger partial charge is 0.299 e. The Kier molecular flexibility index (Phi) is 3.33. The Morgan fingerprint density at radius 2 is 2.00 bits per heavy atom. The normalized spacial score (nSPS) is 10.6. The fourth-order valence-corrected chi connectivity index (χ4v) is 1.08. The molecular formula is C11H12F2O. The van der Waals surface area contributed by atoms with Crippen LogP contribution in [0, 0.1) is 17.6 Å². The predicted molar refractivity (Wildman–Crippen MR) is 49.9 cm³/mol. The molecule has 0 fully saturated rings. The molecule has 76 valence electrons. The molecule has 14 heavy (non-hydrogen) atoms.